The highest BCUT2D eigenvalue weighted by Crippen LogP contribution is 2.35. The van der Waals surface area contributed by atoms with Gasteiger partial charge in [-0.25, -0.2) is 4.79 Å². The van der Waals surface area contributed by atoms with E-state index in [-0.39, 0.29) is 19.0 Å². The van der Waals surface area contributed by atoms with Crippen LogP contribution in [0.5, 0.6) is 11.5 Å². The van der Waals surface area contributed by atoms with Crippen molar-refractivity contribution in [1.82, 2.24) is 0 Å². The van der Waals surface area contributed by atoms with E-state index in [1.165, 1.54) is 0 Å². The van der Waals surface area contributed by atoms with Crippen molar-refractivity contribution in [3.63, 3.8) is 0 Å². The lowest BCUT2D eigenvalue weighted by atomic mass is 9.93. The number of carbonyl (C=O) groups excluding carboxylic acids is 1. The minimum Gasteiger partial charge on any atom is -0.508 e. The summed E-state index contributed by atoms with van der Waals surface area (Å²) in [5, 5.41) is 14.8. The molecule has 0 saturated carbocycles. The second kappa shape index (κ2) is 8.10. The Morgan fingerprint density at radius 3 is 2.10 bits per heavy atom. The predicted octanol–water partition coefficient (Wildman–Crippen LogP) is 4.76. The van der Waals surface area contributed by atoms with Gasteiger partial charge >= 0.3 is 6.09 Å². The van der Waals surface area contributed by atoms with E-state index in [2.05, 4.69) is 0 Å². The monoisotopic (exact) mass is 387 g/mol. The molecule has 0 atom stereocenters. The minimum absolute atomic E-state index is 0.0706. The fourth-order valence-corrected chi connectivity index (χ4v) is 3.61. The number of hydrogen-bond acceptors (Lipinski definition) is 4. The summed E-state index contributed by atoms with van der Waals surface area (Å²) in [5.41, 5.74) is 6.81. The number of primary amides is 1. The van der Waals surface area contributed by atoms with Crippen LogP contribution in [0.3, 0.4) is 0 Å². The molecule has 4 aromatic carbocycles. The molecule has 5 nitrogen and oxygen atoms in total. The minimum atomic E-state index is -0.826. The molecule has 0 heterocycles. The van der Waals surface area contributed by atoms with Gasteiger partial charge in [-0.2, -0.15) is 0 Å². The van der Waals surface area contributed by atoms with Crippen LogP contribution in [0.15, 0.2) is 72.8 Å². The van der Waals surface area contributed by atoms with Gasteiger partial charge in [0.15, 0.2) is 0 Å². The van der Waals surface area contributed by atoms with Gasteiger partial charge in [-0.05, 0) is 33.7 Å². The summed E-state index contributed by atoms with van der Waals surface area (Å²) in [6, 6.07) is 23.6. The SMILES string of the molecule is NC(=O)OCCOc1ccc2ccccc2c1Cc1c(O)ccc2ccccc12. The zero-order valence-electron chi connectivity index (χ0n) is 15.8. The van der Waals surface area contributed by atoms with Gasteiger partial charge in [-0.15, -0.1) is 0 Å². The molecule has 0 unspecified atom stereocenters. The number of rotatable bonds is 6. The van der Waals surface area contributed by atoms with Crippen molar-refractivity contribution in [3.05, 3.63) is 83.9 Å². The van der Waals surface area contributed by atoms with Crippen molar-refractivity contribution < 1.29 is 19.4 Å². The molecule has 4 rings (SSSR count). The third-order valence-electron chi connectivity index (χ3n) is 4.95. The number of fused-ring (bicyclic) bond motifs is 2. The second-order valence-corrected chi connectivity index (χ2v) is 6.74. The van der Waals surface area contributed by atoms with Crippen LogP contribution >= 0.6 is 0 Å². The maximum absolute atomic E-state index is 10.8. The van der Waals surface area contributed by atoms with E-state index in [0.29, 0.717) is 12.2 Å². The van der Waals surface area contributed by atoms with Crippen LogP contribution in [0.4, 0.5) is 4.79 Å². The molecule has 0 bridgehead atoms. The fourth-order valence-electron chi connectivity index (χ4n) is 3.61. The van der Waals surface area contributed by atoms with Crippen LogP contribution < -0.4 is 10.5 Å². The van der Waals surface area contributed by atoms with Gasteiger partial charge in [0.2, 0.25) is 0 Å². The average molecular weight is 387 g/mol. The van der Waals surface area contributed by atoms with E-state index >= 15 is 0 Å². The molecule has 0 aliphatic carbocycles. The Labute approximate surface area is 168 Å². The summed E-state index contributed by atoms with van der Waals surface area (Å²) >= 11 is 0. The molecule has 0 fully saturated rings. The first-order valence-electron chi connectivity index (χ1n) is 9.39. The molecular formula is C24H21NO4. The molecule has 0 aliphatic rings. The van der Waals surface area contributed by atoms with Crippen molar-refractivity contribution in [1.29, 1.82) is 0 Å². The van der Waals surface area contributed by atoms with Crippen LogP contribution in [0.1, 0.15) is 11.1 Å². The number of aromatic hydroxyl groups is 1. The molecule has 0 aromatic heterocycles. The lowest BCUT2D eigenvalue weighted by Crippen LogP contribution is -2.17. The lowest BCUT2D eigenvalue weighted by Gasteiger charge is -2.16. The summed E-state index contributed by atoms with van der Waals surface area (Å²) in [5.74, 6) is 0.934. The normalized spacial score (nSPS) is 10.9. The smallest absolute Gasteiger partial charge is 0.404 e. The van der Waals surface area contributed by atoms with Crippen LogP contribution in [-0.2, 0) is 11.2 Å². The largest absolute Gasteiger partial charge is 0.508 e. The number of phenolic OH excluding ortho intramolecular Hbond substituents is 1. The number of nitrogens with two attached hydrogens (primary N) is 1. The topological polar surface area (TPSA) is 81.8 Å². The van der Waals surface area contributed by atoms with Gasteiger partial charge in [0.1, 0.15) is 24.7 Å². The number of phenols is 1. The van der Waals surface area contributed by atoms with Crippen molar-refractivity contribution in [2.75, 3.05) is 13.2 Å². The van der Waals surface area contributed by atoms with E-state index < -0.39 is 6.09 Å². The van der Waals surface area contributed by atoms with Crippen molar-refractivity contribution in [2.45, 2.75) is 6.42 Å². The zero-order chi connectivity index (χ0) is 20.2. The quantitative estimate of drug-likeness (QED) is 0.467. The van der Waals surface area contributed by atoms with Gasteiger partial charge in [-0.1, -0.05) is 60.7 Å². The predicted molar refractivity (Wildman–Crippen MR) is 113 cm³/mol. The molecular weight excluding hydrogens is 366 g/mol. The second-order valence-electron chi connectivity index (χ2n) is 6.74. The third-order valence-corrected chi connectivity index (χ3v) is 4.95. The van der Waals surface area contributed by atoms with E-state index in [1.54, 1.807) is 6.07 Å². The molecule has 1 amide bonds. The Kier molecular flexibility index (Phi) is 5.20. The number of benzene rings is 4. The Hall–Kier alpha value is -3.73. The first-order valence-corrected chi connectivity index (χ1v) is 9.39. The van der Waals surface area contributed by atoms with Gasteiger partial charge in [0.05, 0.1) is 0 Å². The van der Waals surface area contributed by atoms with E-state index in [9.17, 15) is 9.90 Å². The van der Waals surface area contributed by atoms with E-state index in [4.69, 9.17) is 15.2 Å². The van der Waals surface area contributed by atoms with Crippen LogP contribution in [0, 0.1) is 0 Å². The Balaban J connectivity index is 1.77. The highest BCUT2D eigenvalue weighted by Gasteiger charge is 2.14. The van der Waals surface area contributed by atoms with Crippen molar-refractivity contribution in [2.24, 2.45) is 5.73 Å². The van der Waals surface area contributed by atoms with Crippen molar-refractivity contribution >= 4 is 27.6 Å². The first-order chi connectivity index (χ1) is 14.1. The summed E-state index contributed by atoms with van der Waals surface area (Å²) in [7, 11) is 0. The van der Waals surface area contributed by atoms with Gasteiger partial charge in [-0.3, -0.25) is 0 Å². The fraction of sp³-hybridized carbons (Fsp3) is 0.125. The molecule has 146 valence electrons. The molecule has 29 heavy (non-hydrogen) atoms. The maximum Gasteiger partial charge on any atom is 0.404 e. The highest BCUT2D eigenvalue weighted by molar-refractivity contribution is 5.91. The number of carbonyl (C=O) groups is 1. The first kappa shape index (κ1) is 18.6. The van der Waals surface area contributed by atoms with Gasteiger partial charge in [0.25, 0.3) is 0 Å². The number of amides is 1. The molecule has 3 N–H and O–H groups in total. The Morgan fingerprint density at radius 1 is 0.793 bits per heavy atom. The van der Waals surface area contributed by atoms with Gasteiger partial charge < -0.3 is 20.3 Å². The van der Waals surface area contributed by atoms with E-state index in [0.717, 1.165) is 32.7 Å². The van der Waals surface area contributed by atoms with Crippen molar-refractivity contribution in [3.8, 4) is 11.5 Å². The molecule has 0 spiro atoms. The molecule has 4 aromatic rings. The summed E-state index contributed by atoms with van der Waals surface area (Å²) in [6.45, 7) is 0.261. The number of ether oxygens (including phenoxy) is 2. The average Bonchev–Trinajstić information content (AvgIpc) is 2.74. The van der Waals surface area contributed by atoms with Gasteiger partial charge in [0, 0.05) is 17.5 Å². The highest BCUT2D eigenvalue weighted by atomic mass is 16.6. The molecule has 0 radical (unpaired) electrons. The molecule has 5 heteroatoms. The lowest BCUT2D eigenvalue weighted by molar-refractivity contribution is 0.133. The van der Waals surface area contributed by atoms with Crippen LogP contribution in [0.25, 0.3) is 21.5 Å². The van der Waals surface area contributed by atoms with E-state index in [1.807, 2.05) is 66.7 Å². The Bertz CT molecular complexity index is 1190. The zero-order valence-corrected chi connectivity index (χ0v) is 15.8. The maximum atomic E-state index is 10.8. The molecule has 0 saturated heterocycles. The molecule has 0 aliphatic heterocycles. The summed E-state index contributed by atoms with van der Waals surface area (Å²) in [6.07, 6.45) is -0.325. The summed E-state index contributed by atoms with van der Waals surface area (Å²) < 4.78 is 10.7. The number of hydrogen-bond donors (Lipinski definition) is 2. The summed E-state index contributed by atoms with van der Waals surface area (Å²) in [4.78, 5) is 10.8. The standard InChI is InChI=1S/C24H21NO4/c25-24(27)29-14-13-28-23-12-10-17-6-2-4-8-19(17)21(23)15-20-18-7-3-1-5-16(18)9-11-22(20)26/h1-12,26H,13-15H2,(H2,25,27). The van der Waals surface area contributed by atoms with Crippen LogP contribution in [-0.4, -0.2) is 24.4 Å². The third kappa shape index (κ3) is 3.94. The Morgan fingerprint density at radius 2 is 1.41 bits per heavy atom. The van der Waals surface area contributed by atoms with Crippen LogP contribution in [0.2, 0.25) is 0 Å².